The molecule has 8 nitrogen and oxygen atoms in total. The first kappa shape index (κ1) is 22.2. The quantitative estimate of drug-likeness (QED) is 0.619. The molecule has 1 unspecified atom stereocenters. The minimum absolute atomic E-state index is 0.151. The number of hydrogen-bond acceptors (Lipinski definition) is 6. The fraction of sp³-hybridized carbons (Fsp3) is 0.250. The van der Waals surface area contributed by atoms with Gasteiger partial charge >= 0.3 is 6.09 Å². The van der Waals surface area contributed by atoms with Crippen molar-refractivity contribution in [3.05, 3.63) is 87.6 Å². The molecule has 0 spiro atoms. The molecule has 1 saturated heterocycles. The van der Waals surface area contributed by atoms with Crippen LogP contribution >= 0.6 is 0 Å². The van der Waals surface area contributed by atoms with E-state index in [0.29, 0.717) is 31.2 Å². The Hall–Kier alpha value is -4.03. The van der Waals surface area contributed by atoms with Crippen molar-refractivity contribution in [2.45, 2.75) is 12.8 Å². The topological polar surface area (TPSA) is 106 Å². The van der Waals surface area contributed by atoms with Gasteiger partial charge in [-0.25, -0.2) is 13.9 Å². The fourth-order valence-electron chi connectivity index (χ4n) is 3.50. The number of nitrogens with one attached hydrogen (secondary N) is 1. The molecule has 0 saturated carbocycles. The molecule has 0 aliphatic carbocycles. The predicted octanol–water partition coefficient (Wildman–Crippen LogP) is 3.42. The number of carbonyl (C=O) groups is 1. The monoisotopic (exact) mass is 448 g/mol. The number of rotatable bonds is 6. The van der Waals surface area contributed by atoms with Crippen LogP contribution in [0.1, 0.15) is 23.2 Å². The van der Waals surface area contributed by atoms with Gasteiger partial charge < -0.3 is 9.47 Å². The Labute approximate surface area is 189 Å². The molecule has 1 aliphatic heterocycles. The van der Waals surface area contributed by atoms with Gasteiger partial charge in [-0.15, -0.1) is 0 Å². The maximum atomic E-state index is 13.8. The Morgan fingerprint density at radius 3 is 2.97 bits per heavy atom. The third kappa shape index (κ3) is 5.81. The lowest BCUT2D eigenvalue weighted by atomic mass is 10.1. The third-order valence-electron chi connectivity index (χ3n) is 5.18. The number of ether oxygens (including phenoxy) is 2. The average molecular weight is 448 g/mol. The van der Waals surface area contributed by atoms with Gasteiger partial charge in [0.1, 0.15) is 11.5 Å². The van der Waals surface area contributed by atoms with Crippen LogP contribution < -0.4 is 10.7 Å². The van der Waals surface area contributed by atoms with Crippen LogP contribution in [0.25, 0.3) is 5.69 Å². The molecule has 2 aromatic carbocycles. The normalized spacial score (nSPS) is 15.1. The van der Waals surface area contributed by atoms with E-state index in [9.17, 15) is 14.0 Å². The van der Waals surface area contributed by atoms with Gasteiger partial charge in [-0.2, -0.15) is 10.4 Å². The number of nitrogens with zero attached hydrogens (tertiary/aromatic N) is 3. The second-order valence-electron chi connectivity index (χ2n) is 7.71. The van der Waals surface area contributed by atoms with Gasteiger partial charge in [0.15, 0.2) is 0 Å². The highest BCUT2D eigenvalue weighted by molar-refractivity contribution is 5.84. The van der Waals surface area contributed by atoms with Crippen molar-refractivity contribution >= 4 is 11.8 Å². The van der Waals surface area contributed by atoms with Crippen molar-refractivity contribution in [2.75, 3.05) is 25.1 Å². The highest BCUT2D eigenvalue weighted by Crippen LogP contribution is 2.16. The number of halogens is 1. The molecular weight excluding hydrogens is 427 g/mol. The van der Waals surface area contributed by atoms with Gasteiger partial charge in [-0.1, -0.05) is 12.1 Å². The van der Waals surface area contributed by atoms with Crippen molar-refractivity contribution in [2.24, 2.45) is 5.92 Å². The van der Waals surface area contributed by atoms with Gasteiger partial charge in [0.05, 0.1) is 30.5 Å². The summed E-state index contributed by atoms with van der Waals surface area (Å²) < 4.78 is 25.7. The summed E-state index contributed by atoms with van der Waals surface area (Å²) in [6.07, 6.45) is 1.94. The Morgan fingerprint density at radius 1 is 1.30 bits per heavy atom. The standard InChI is InChI=1S/C24H21FN4O4/c25-19-8-18(13-26)10-21(12-19)29-6-4-23(30)22(28-29)11-16-2-1-3-20(9-16)27-24(31)33-15-17-5-7-32-14-17/h1-4,6,8-10,12,17H,5,7,11,14-15H2,(H,27,31). The van der Waals surface area contributed by atoms with Crippen LogP contribution in [-0.4, -0.2) is 35.7 Å². The Bertz CT molecular complexity index is 1260. The van der Waals surface area contributed by atoms with Gasteiger partial charge in [0.2, 0.25) is 5.43 Å². The van der Waals surface area contributed by atoms with E-state index in [4.69, 9.17) is 14.7 Å². The molecule has 168 valence electrons. The highest BCUT2D eigenvalue weighted by Gasteiger charge is 2.17. The summed E-state index contributed by atoms with van der Waals surface area (Å²) in [5.41, 5.74) is 1.72. The molecular formula is C24H21FN4O4. The van der Waals surface area contributed by atoms with Gasteiger partial charge in [-0.05, 0) is 42.3 Å². The van der Waals surface area contributed by atoms with Crippen molar-refractivity contribution in [1.82, 2.24) is 9.78 Å². The second-order valence-corrected chi connectivity index (χ2v) is 7.71. The number of aromatic nitrogens is 2. The SMILES string of the molecule is N#Cc1cc(F)cc(-n2ccc(=O)c(Cc3cccc(NC(=O)OCC4CCOC4)c3)n2)c1. The first-order valence-electron chi connectivity index (χ1n) is 10.4. The lowest BCUT2D eigenvalue weighted by Gasteiger charge is -2.11. The van der Waals surface area contributed by atoms with E-state index in [2.05, 4.69) is 10.4 Å². The van der Waals surface area contributed by atoms with Crippen molar-refractivity contribution in [1.29, 1.82) is 5.26 Å². The number of anilines is 1. The Morgan fingerprint density at radius 2 is 2.18 bits per heavy atom. The van der Waals surface area contributed by atoms with Crippen LogP contribution in [0.4, 0.5) is 14.9 Å². The first-order valence-corrected chi connectivity index (χ1v) is 10.4. The second kappa shape index (κ2) is 10.1. The summed E-state index contributed by atoms with van der Waals surface area (Å²) in [6, 6.07) is 14.1. The summed E-state index contributed by atoms with van der Waals surface area (Å²) in [5.74, 6) is -0.354. The minimum atomic E-state index is -0.572. The first-order chi connectivity index (χ1) is 16.0. The van der Waals surface area contributed by atoms with E-state index in [1.54, 1.807) is 24.3 Å². The fourth-order valence-corrected chi connectivity index (χ4v) is 3.50. The summed E-state index contributed by atoms with van der Waals surface area (Å²) >= 11 is 0. The molecule has 1 N–H and O–H groups in total. The maximum Gasteiger partial charge on any atom is 0.411 e. The maximum absolute atomic E-state index is 13.8. The zero-order chi connectivity index (χ0) is 23.2. The number of benzene rings is 2. The summed E-state index contributed by atoms with van der Waals surface area (Å²) in [7, 11) is 0. The number of carbonyl (C=O) groups excluding carboxylic acids is 1. The molecule has 9 heteroatoms. The molecule has 1 aromatic heterocycles. The summed E-state index contributed by atoms with van der Waals surface area (Å²) in [6.45, 7) is 1.58. The van der Waals surface area contributed by atoms with Crippen LogP contribution in [0.5, 0.6) is 0 Å². The van der Waals surface area contributed by atoms with E-state index < -0.39 is 11.9 Å². The van der Waals surface area contributed by atoms with E-state index in [1.165, 1.54) is 29.1 Å². The molecule has 33 heavy (non-hydrogen) atoms. The predicted molar refractivity (Wildman–Crippen MR) is 118 cm³/mol. The number of amides is 1. The molecule has 0 radical (unpaired) electrons. The zero-order valence-electron chi connectivity index (χ0n) is 17.7. The van der Waals surface area contributed by atoms with Crippen molar-refractivity contribution in [3.63, 3.8) is 0 Å². The van der Waals surface area contributed by atoms with Crippen molar-refractivity contribution < 1.29 is 18.7 Å². The lowest BCUT2D eigenvalue weighted by Crippen LogP contribution is -2.19. The minimum Gasteiger partial charge on any atom is -0.449 e. The number of nitriles is 1. The molecule has 1 atom stereocenters. The van der Waals surface area contributed by atoms with E-state index in [-0.39, 0.29) is 29.0 Å². The van der Waals surface area contributed by atoms with Gasteiger partial charge in [-0.3, -0.25) is 10.1 Å². The molecule has 2 heterocycles. The molecule has 3 aromatic rings. The molecule has 1 amide bonds. The average Bonchev–Trinajstić information content (AvgIpc) is 3.33. The Kier molecular flexibility index (Phi) is 6.76. The van der Waals surface area contributed by atoms with Crippen molar-refractivity contribution in [3.8, 4) is 11.8 Å². The van der Waals surface area contributed by atoms with Gasteiger partial charge in [0, 0.05) is 36.9 Å². The van der Waals surface area contributed by atoms with E-state index >= 15 is 0 Å². The van der Waals surface area contributed by atoms with E-state index in [1.807, 2.05) is 6.07 Å². The molecule has 4 rings (SSSR count). The van der Waals surface area contributed by atoms with E-state index in [0.717, 1.165) is 18.1 Å². The Balaban J connectivity index is 1.47. The molecule has 1 fully saturated rings. The van der Waals surface area contributed by atoms with Crippen LogP contribution in [0.3, 0.4) is 0 Å². The highest BCUT2D eigenvalue weighted by atomic mass is 19.1. The summed E-state index contributed by atoms with van der Waals surface area (Å²) in [4.78, 5) is 24.4. The van der Waals surface area contributed by atoms with Crippen LogP contribution in [-0.2, 0) is 15.9 Å². The molecule has 0 bridgehead atoms. The van der Waals surface area contributed by atoms with Crippen LogP contribution in [0, 0.1) is 23.1 Å². The molecule has 1 aliphatic rings. The van der Waals surface area contributed by atoms with Crippen LogP contribution in [0.15, 0.2) is 59.5 Å². The smallest absolute Gasteiger partial charge is 0.411 e. The van der Waals surface area contributed by atoms with Crippen LogP contribution in [0.2, 0.25) is 0 Å². The number of hydrogen-bond donors (Lipinski definition) is 1. The largest absolute Gasteiger partial charge is 0.449 e. The zero-order valence-corrected chi connectivity index (χ0v) is 17.7. The van der Waals surface area contributed by atoms with Gasteiger partial charge in [0.25, 0.3) is 0 Å². The summed E-state index contributed by atoms with van der Waals surface area (Å²) in [5, 5.41) is 16.1. The third-order valence-corrected chi connectivity index (χ3v) is 5.18. The lowest BCUT2D eigenvalue weighted by molar-refractivity contribution is 0.127.